The van der Waals surface area contributed by atoms with Crippen molar-refractivity contribution in [1.29, 1.82) is 0 Å². The van der Waals surface area contributed by atoms with E-state index < -0.39 is 5.82 Å². The summed E-state index contributed by atoms with van der Waals surface area (Å²) in [5.74, 6) is -0.777. The van der Waals surface area contributed by atoms with Gasteiger partial charge in [-0.05, 0) is 51.8 Å². The highest BCUT2D eigenvalue weighted by molar-refractivity contribution is 9.10. The number of benzene rings is 2. The second-order valence-corrected chi connectivity index (χ2v) is 5.22. The first-order chi connectivity index (χ1) is 9.06. The van der Waals surface area contributed by atoms with Crippen LogP contribution in [0.5, 0.6) is 0 Å². The number of nitrogens with one attached hydrogen (secondary N) is 1. The lowest BCUT2D eigenvalue weighted by atomic mass is 10.2. The quantitative estimate of drug-likeness (QED) is 0.891. The highest BCUT2D eigenvalue weighted by Gasteiger charge is 2.10. The molecule has 0 unspecified atom stereocenters. The minimum absolute atomic E-state index is 0.272. The molecule has 5 heteroatoms. The van der Waals surface area contributed by atoms with E-state index in [0.29, 0.717) is 16.0 Å². The zero-order chi connectivity index (χ0) is 13.8. The zero-order valence-corrected chi connectivity index (χ0v) is 12.1. The van der Waals surface area contributed by atoms with Crippen LogP contribution in [-0.4, -0.2) is 5.91 Å². The number of amides is 1. The van der Waals surface area contributed by atoms with Gasteiger partial charge in [-0.25, -0.2) is 4.39 Å². The van der Waals surface area contributed by atoms with E-state index in [2.05, 4.69) is 21.2 Å². The van der Waals surface area contributed by atoms with Gasteiger partial charge in [0.05, 0.1) is 5.56 Å². The van der Waals surface area contributed by atoms with Crippen LogP contribution >= 0.6 is 27.5 Å². The summed E-state index contributed by atoms with van der Waals surface area (Å²) in [5, 5.41) is 3.37. The topological polar surface area (TPSA) is 29.1 Å². The molecule has 19 heavy (non-hydrogen) atoms. The third kappa shape index (κ3) is 3.78. The Morgan fingerprint density at radius 2 is 1.89 bits per heavy atom. The van der Waals surface area contributed by atoms with Crippen LogP contribution < -0.4 is 5.32 Å². The van der Waals surface area contributed by atoms with E-state index in [1.807, 2.05) is 12.1 Å². The molecule has 2 aromatic rings. The predicted molar refractivity (Wildman–Crippen MR) is 76.7 cm³/mol. The van der Waals surface area contributed by atoms with Crippen LogP contribution in [-0.2, 0) is 6.54 Å². The Balaban J connectivity index is 2.05. The molecule has 2 aromatic carbocycles. The summed E-state index contributed by atoms with van der Waals surface area (Å²) >= 11 is 9.00. The molecule has 0 spiro atoms. The van der Waals surface area contributed by atoms with E-state index in [1.54, 1.807) is 12.1 Å². The standard InChI is InChI=1S/C14H10BrClFNO/c15-13-6-5-11(17)7-12(13)14(19)18-8-9-1-3-10(16)4-2-9/h1-7H,8H2,(H,18,19). The first-order valence-corrected chi connectivity index (χ1v) is 6.71. The lowest BCUT2D eigenvalue weighted by Crippen LogP contribution is -2.23. The summed E-state index contributed by atoms with van der Waals surface area (Å²) in [7, 11) is 0. The number of rotatable bonds is 3. The van der Waals surface area contributed by atoms with Crippen molar-refractivity contribution in [1.82, 2.24) is 5.32 Å². The van der Waals surface area contributed by atoms with Gasteiger partial charge in [-0.1, -0.05) is 23.7 Å². The highest BCUT2D eigenvalue weighted by Crippen LogP contribution is 2.18. The van der Waals surface area contributed by atoms with E-state index in [4.69, 9.17) is 11.6 Å². The largest absolute Gasteiger partial charge is 0.348 e. The van der Waals surface area contributed by atoms with Crippen LogP contribution in [0.15, 0.2) is 46.9 Å². The maximum Gasteiger partial charge on any atom is 0.252 e. The van der Waals surface area contributed by atoms with Crippen LogP contribution in [0, 0.1) is 5.82 Å². The summed E-state index contributed by atoms with van der Waals surface area (Å²) < 4.78 is 13.7. The van der Waals surface area contributed by atoms with E-state index >= 15 is 0 Å². The average Bonchev–Trinajstić information content (AvgIpc) is 2.40. The molecule has 2 nitrogen and oxygen atoms in total. The van der Waals surface area contributed by atoms with Crippen LogP contribution in [0.4, 0.5) is 4.39 Å². The lowest BCUT2D eigenvalue weighted by molar-refractivity contribution is 0.0949. The number of carbonyl (C=O) groups is 1. The van der Waals surface area contributed by atoms with Gasteiger partial charge in [0.1, 0.15) is 5.82 Å². The summed E-state index contributed by atoms with van der Waals surface area (Å²) in [6, 6.07) is 11.1. The van der Waals surface area contributed by atoms with Gasteiger partial charge in [-0.2, -0.15) is 0 Å². The fourth-order valence-corrected chi connectivity index (χ4v) is 2.10. The van der Waals surface area contributed by atoms with Crippen molar-refractivity contribution >= 4 is 33.4 Å². The molecule has 0 bridgehead atoms. The van der Waals surface area contributed by atoms with E-state index in [0.717, 1.165) is 5.56 Å². The maximum absolute atomic E-state index is 13.1. The van der Waals surface area contributed by atoms with Gasteiger partial charge in [-0.15, -0.1) is 0 Å². The minimum atomic E-state index is -0.445. The molecule has 0 aliphatic rings. The molecule has 0 aromatic heterocycles. The zero-order valence-electron chi connectivity index (χ0n) is 9.79. The fourth-order valence-electron chi connectivity index (χ4n) is 1.55. The molecule has 0 radical (unpaired) electrons. The molecular weight excluding hydrogens is 333 g/mol. The Bertz CT molecular complexity index is 601. The third-order valence-electron chi connectivity index (χ3n) is 2.54. The molecule has 0 saturated carbocycles. The van der Waals surface area contributed by atoms with Crippen molar-refractivity contribution in [2.45, 2.75) is 6.54 Å². The summed E-state index contributed by atoms with van der Waals surface area (Å²) in [4.78, 5) is 11.9. The van der Waals surface area contributed by atoms with Gasteiger partial charge < -0.3 is 5.32 Å². The average molecular weight is 343 g/mol. The monoisotopic (exact) mass is 341 g/mol. The molecule has 1 N–H and O–H groups in total. The molecule has 0 atom stereocenters. The summed E-state index contributed by atoms with van der Waals surface area (Å²) in [6.45, 7) is 0.360. The highest BCUT2D eigenvalue weighted by atomic mass is 79.9. The number of halogens is 3. The maximum atomic E-state index is 13.1. The summed E-state index contributed by atoms with van der Waals surface area (Å²) in [6.07, 6.45) is 0. The van der Waals surface area contributed by atoms with Gasteiger partial charge in [-0.3, -0.25) is 4.79 Å². The molecule has 98 valence electrons. The molecule has 0 saturated heterocycles. The van der Waals surface area contributed by atoms with Gasteiger partial charge >= 0.3 is 0 Å². The van der Waals surface area contributed by atoms with Crippen LogP contribution in [0.1, 0.15) is 15.9 Å². The molecule has 0 fully saturated rings. The Labute approximate surface area is 123 Å². The van der Waals surface area contributed by atoms with Crippen LogP contribution in [0.2, 0.25) is 5.02 Å². The van der Waals surface area contributed by atoms with Crippen molar-refractivity contribution in [3.63, 3.8) is 0 Å². The Kier molecular flexibility index (Phi) is 4.56. The van der Waals surface area contributed by atoms with E-state index in [9.17, 15) is 9.18 Å². The van der Waals surface area contributed by atoms with Gasteiger partial charge in [0.2, 0.25) is 0 Å². The van der Waals surface area contributed by atoms with Gasteiger partial charge in [0.15, 0.2) is 0 Å². The molecular formula is C14H10BrClFNO. The van der Waals surface area contributed by atoms with Crippen molar-refractivity contribution in [3.05, 3.63) is 68.9 Å². The second kappa shape index (κ2) is 6.17. The van der Waals surface area contributed by atoms with Gasteiger partial charge in [0.25, 0.3) is 5.91 Å². The van der Waals surface area contributed by atoms with Gasteiger partial charge in [0, 0.05) is 16.0 Å². The fraction of sp³-hybridized carbons (Fsp3) is 0.0714. The molecule has 2 rings (SSSR count). The van der Waals surface area contributed by atoms with Crippen molar-refractivity contribution < 1.29 is 9.18 Å². The molecule has 0 heterocycles. The first-order valence-electron chi connectivity index (χ1n) is 5.54. The predicted octanol–water partition coefficient (Wildman–Crippen LogP) is 4.17. The smallest absolute Gasteiger partial charge is 0.252 e. The number of hydrogen-bond donors (Lipinski definition) is 1. The lowest BCUT2D eigenvalue weighted by Gasteiger charge is -2.07. The van der Waals surface area contributed by atoms with E-state index in [1.165, 1.54) is 18.2 Å². The van der Waals surface area contributed by atoms with Crippen molar-refractivity contribution in [3.8, 4) is 0 Å². The Hall–Kier alpha value is -1.39. The van der Waals surface area contributed by atoms with Crippen molar-refractivity contribution in [2.24, 2.45) is 0 Å². The molecule has 1 amide bonds. The Morgan fingerprint density at radius 3 is 2.58 bits per heavy atom. The number of hydrogen-bond acceptors (Lipinski definition) is 1. The van der Waals surface area contributed by atoms with Crippen LogP contribution in [0.25, 0.3) is 0 Å². The Morgan fingerprint density at radius 1 is 1.21 bits per heavy atom. The molecule has 0 aliphatic heterocycles. The third-order valence-corrected chi connectivity index (χ3v) is 3.48. The first kappa shape index (κ1) is 14.0. The normalized spacial score (nSPS) is 10.3. The number of carbonyl (C=O) groups excluding carboxylic acids is 1. The second-order valence-electron chi connectivity index (χ2n) is 3.93. The van der Waals surface area contributed by atoms with Crippen LogP contribution in [0.3, 0.4) is 0 Å². The van der Waals surface area contributed by atoms with Crippen molar-refractivity contribution in [2.75, 3.05) is 0 Å². The van der Waals surface area contributed by atoms with E-state index in [-0.39, 0.29) is 11.5 Å². The summed E-state index contributed by atoms with van der Waals surface area (Å²) in [5.41, 5.74) is 1.19. The minimum Gasteiger partial charge on any atom is -0.348 e. The SMILES string of the molecule is O=C(NCc1ccc(Cl)cc1)c1cc(F)ccc1Br. The molecule has 0 aliphatic carbocycles.